The number of benzene rings is 3. The van der Waals surface area contributed by atoms with Gasteiger partial charge < -0.3 is 14.4 Å². The lowest BCUT2D eigenvalue weighted by Crippen LogP contribution is -2.17. The van der Waals surface area contributed by atoms with Crippen LogP contribution >= 0.6 is 11.6 Å². The molecule has 1 heterocycles. The van der Waals surface area contributed by atoms with Crippen LogP contribution in [0.15, 0.2) is 84.0 Å². The minimum atomic E-state index is -0.342. The molecule has 4 aromatic rings. The first-order valence-corrected chi connectivity index (χ1v) is 11.2. The number of halogens is 1. The van der Waals surface area contributed by atoms with E-state index in [0.29, 0.717) is 17.7 Å². The highest BCUT2D eigenvalue weighted by atomic mass is 35.5. The average molecular weight is 474 g/mol. The lowest BCUT2D eigenvalue weighted by molar-refractivity contribution is 0.0955. The van der Waals surface area contributed by atoms with Crippen LogP contribution in [-0.4, -0.2) is 28.4 Å². The molecule has 7 heteroatoms. The van der Waals surface area contributed by atoms with Gasteiger partial charge in [0.2, 0.25) is 0 Å². The normalized spacial score (nSPS) is 11.0. The zero-order valence-electron chi connectivity index (χ0n) is 18.8. The average Bonchev–Trinajstić information content (AvgIpc) is 3.24. The topological polar surface area (TPSA) is 75.8 Å². The van der Waals surface area contributed by atoms with E-state index < -0.39 is 0 Å². The van der Waals surface area contributed by atoms with Crippen LogP contribution in [0.25, 0.3) is 16.9 Å². The molecule has 0 bridgehead atoms. The number of hydrogen-bond donors (Lipinski definition) is 2. The number of amides is 1. The first-order chi connectivity index (χ1) is 16.5. The molecule has 3 aromatic carbocycles. The van der Waals surface area contributed by atoms with Crippen molar-refractivity contribution in [2.75, 3.05) is 6.61 Å². The third-order valence-electron chi connectivity index (χ3n) is 5.26. The van der Waals surface area contributed by atoms with Crippen molar-refractivity contribution in [3.8, 4) is 28.4 Å². The van der Waals surface area contributed by atoms with E-state index in [4.69, 9.17) is 16.3 Å². The zero-order valence-corrected chi connectivity index (χ0v) is 19.6. The maximum Gasteiger partial charge on any atom is 0.271 e. The van der Waals surface area contributed by atoms with Crippen molar-refractivity contribution in [3.05, 3.63) is 101 Å². The van der Waals surface area contributed by atoms with Crippen LogP contribution < -0.4 is 10.2 Å². The van der Waals surface area contributed by atoms with Crippen LogP contribution in [0.3, 0.4) is 0 Å². The number of hydrazone groups is 1. The number of phenolic OH excluding ortho intramolecular Hbond substituents is 1. The number of nitrogens with zero attached hydrogens (tertiary/aromatic N) is 2. The monoisotopic (exact) mass is 473 g/mol. The van der Waals surface area contributed by atoms with E-state index in [-0.39, 0.29) is 22.4 Å². The molecule has 4 rings (SSSR count). The van der Waals surface area contributed by atoms with Crippen molar-refractivity contribution >= 4 is 23.7 Å². The molecule has 0 fully saturated rings. The molecule has 0 aliphatic carbocycles. The summed E-state index contributed by atoms with van der Waals surface area (Å²) in [6.07, 6.45) is 1.44. The summed E-state index contributed by atoms with van der Waals surface area (Å²) in [6, 6.07) is 24.8. The molecule has 1 aromatic heterocycles. The number of aromatic nitrogens is 1. The van der Waals surface area contributed by atoms with E-state index >= 15 is 0 Å². The summed E-state index contributed by atoms with van der Waals surface area (Å²) in [5.41, 5.74) is 7.83. The van der Waals surface area contributed by atoms with Gasteiger partial charge in [-0.05, 0) is 73.5 Å². The van der Waals surface area contributed by atoms with Gasteiger partial charge in [-0.2, -0.15) is 5.10 Å². The fourth-order valence-corrected chi connectivity index (χ4v) is 3.86. The van der Waals surface area contributed by atoms with Crippen molar-refractivity contribution in [1.82, 2.24) is 9.99 Å². The Balaban J connectivity index is 1.49. The Hall–Kier alpha value is -4.03. The Morgan fingerprint density at radius 1 is 1.09 bits per heavy atom. The summed E-state index contributed by atoms with van der Waals surface area (Å²) in [5.74, 6) is -0.211. The highest BCUT2D eigenvalue weighted by Crippen LogP contribution is 2.34. The van der Waals surface area contributed by atoms with Gasteiger partial charge in [0, 0.05) is 16.9 Å². The predicted octanol–water partition coefficient (Wildman–Crippen LogP) is 5.97. The molecular weight excluding hydrogens is 450 g/mol. The van der Waals surface area contributed by atoms with Gasteiger partial charge in [0.1, 0.15) is 0 Å². The van der Waals surface area contributed by atoms with Gasteiger partial charge in [0.05, 0.1) is 23.5 Å². The molecule has 1 amide bonds. The van der Waals surface area contributed by atoms with Crippen LogP contribution in [0.4, 0.5) is 0 Å². The Labute approximate surface area is 203 Å². The number of carbonyl (C=O) groups excluding carboxylic acids is 1. The third kappa shape index (κ3) is 4.97. The second-order valence-corrected chi connectivity index (χ2v) is 8.00. The van der Waals surface area contributed by atoms with E-state index in [9.17, 15) is 9.90 Å². The molecule has 0 unspecified atom stereocenters. The minimum absolute atomic E-state index is 0.127. The second kappa shape index (κ2) is 10.3. The molecule has 0 saturated heterocycles. The van der Waals surface area contributed by atoms with E-state index in [2.05, 4.69) is 39.4 Å². The van der Waals surface area contributed by atoms with Crippen LogP contribution in [0.5, 0.6) is 11.5 Å². The van der Waals surface area contributed by atoms with Crippen molar-refractivity contribution in [2.45, 2.75) is 13.8 Å². The van der Waals surface area contributed by atoms with Gasteiger partial charge in [0.15, 0.2) is 11.5 Å². The molecule has 0 spiro atoms. The number of rotatable bonds is 7. The van der Waals surface area contributed by atoms with Gasteiger partial charge in [0.25, 0.3) is 5.91 Å². The van der Waals surface area contributed by atoms with E-state index in [0.717, 1.165) is 22.6 Å². The van der Waals surface area contributed by atoms with Crippen LogP contribution in [-0.2, 0) is 0 Å². The highest BCUT2D eigenvalue weighted by molar-refractivity contribution is 6.32. The number of nitrogens with one attached hydrogen (secondary N) is 1. The number of aromatic hydroxyl groups is 1. The molecule has 0 atom stereocenters. The number of phenols is 1. The van der Waals surface area contributed by atoms with Crippen LogP contribution in [0.2, 0.25) is 5.02 Å². The quantitative estimate of drug-likeness (QED) is 0.256. The van der Waals surface area contributed by atoms with Crippen molar-refractivity contribution in [3.63, 3.8) is 0 Å². The zero-order chi connectivity index (χ0) is 24.1. The summed E-state index contributed by atoms with van der Waals surface area (Å²) < 4.78 is 7.51. The molecule has 0 aliphatic rings. The number of carbonyl (C=O) groups is 1. The van der Waals surface area contributed by atoms with E-state index in [1.807, 2.05) is 37.3 Å². The second-order valence-electron chi connectivity index (χ2n) is 7.59. The lowest BCUT2D eigenvalue weighted by atomic mass is 10.1. The maximum absolute atomic E-state index is 12.6. The Morgan fingerprint density at radius 2 is 1.82 bits per heavy atom. The summed E-state index contributed by atoms with van der Waals surface area (Å²) in [6.45, 7) is 4.24. The van der Waals surface area contributed by atoms with Gasteiger partial charge in [-0.1, -0.05) is 41.9 Å². The predicted molar refractivity (Wildman–Crippen MR) is 135 cm³/mol. The fourth-order valence-electron chi connectivity index (χ4n) is 3.64. The van der Waals surface area contributed by atoms with Gasteiger partial charge in [-0.3, -0.25) is 4.79 Å². The molecule has 0 aliphatic heterocycles. The molecule has 0 saturated carbocycles. The molecule has 0 radical (unpaired) electrons. The van der Waals surface area contributed by atoms with Crippen LogP contribution in [0, 0.1) is 6.92 Å². The molecule has 2 N–H and O–H groups in total. The Morgan fingerprint density at radius 3 is 2.53 bits per heavy atom. The number of ether oxygens (including phenoxy) is 1. The van der Waals surface area contributed by atoms with E-state index in [1.54, 1.807) is 25.1 Å². The standard InChI is InChI=1S/C27H24ClN3O3/c1-3-34-25-16-19(15-23(28)26(25)32)17-29-30-27(33)21-10-12-22(13-11-21)31-18(2)9-14-24(31)20-7-5-4-6-8-20/h4-17,32H,3H2,1-2H3,(H,30,33)/b29-17+. The molecule has 6 nitrogen and oxygen atoms in total. The van der Waals surface area contributed by atoms with Crippen molar-refractivity contribution < 1.29 is 14.6 Å². The summed E-state index contributed by atoms with van der Waals surface area (Å²) in [4.78, 5) is 12.6. The molecular formula is C27H24ClN3O3. The van der Waals surface area contributed by atoms with Gasteiger partial charge in [-0.15, -0.1) is 0 Å². The summed E-state index contributed by atoms with van der Waals surface area (Å²) in [7, 11) is 0. The lowest BCUT2D eigenvalue weighted by Gasteiger charge is -2.12. The SMILES string of the molecule is CCOc1cc(/C=N/NC(=O)c2ccc(-n3c(C)ccc3-c3ccccc3)cc2)cc(Cl)c1O. The van der Waals surface area contributed by atoms with E-state index in [1.165, 1.54) is 12.3 Å². The summed E-state index contributed by atoms with van der Waals surface area (Å²) in [5, 5.41) is 14.1. The molecule has 34 heavy (non-hydrogen) atoms. The van der Waals surface area contributed by atoms with Crippen molar-refractivity contribution in [2.24, 2.45) is 5.10 Å². The Bertz CT molecular complexity index is 1330. The number of aryl methyl sites for hydroxylation is 1. The number of hydrogen-bond acceptors (Lipinski definition) is 4. The van der Waals surface area contributed by atoms with Gasteiger partial charge >= 0.3 is 0 Å². The van der Waals surface area contributed by atoms with Crippen molar-refractivity contribution in [1.29, 1.82) is 0 Å². The smallest absolute Gasteiger partial charge is 0.271 e. The fraction of sp³-hybridized carbons (Fsp3) is 0.111. The minimum Gasteiger partial charge on any atom is -0.503 e. The first kappa shape index (κ1) is 23.1. The largest absolute Gasteiger partial charge is 0.503 e. The highest BCUT2D eigenvalue weighted by Gasteiger charge is 2.11. The van der Waals surface area contributed by atoms with Gasteiger partial charge in [-0.25, -0.2) is 5.43 Å². The Kier molecular flexibility index (Phi) is 6.99. The molecule has 172 valence electrons. The van der Waals surface area contributed by atoms with Crippen LogP contribution in [0.1, 0.15) is 28.5 Å². The maximum atomic E-state index is 12.6. The first-order valence-electron chi connectivity index (χ1n) is 10.8. The third-order valence-corrected chi connectivity index (χ3v) is 5.55. The summed E-state index contributed by atoms with van der Waals surface area (Å²) >= 11 is 6.03.